The number of rotatable bonds is 15. The fraction of sp³-hybridized carbons (Fsp3) is 0.256. The summed E-state index contributed by atoms with van der Waals surface area (Å²) in [7, 11) is -2.00. The lowest BCUT2D eigenvalue weighted by atomic mass is 9.80. The van der Waals surface area contributed by atoms with E-state index >= 15 is 0 Å². The highest BCUT2D eigenvalue weighted by Gasteiger charge is 2.33. The van der Waals surface area contributed by atoms with Crippen LogP contribution in [0.5, 0.6) is 23.0 Å². The Bertz CT molecular complexity index is 5710. The highest BCUT2D eigenvalue weighted by molar-refractivity contribution is 9.10. The number of hydrogen-bond acceptors (Lipinski definition) is 16. The summed E-state index contributed by atoms with van der Waals surface area (Å²) in [6, 6.07) is 27.1. The minimum Gasteiger partial charge on any atom is -0.487 e. The Morgan fingerprint density at radius 1 is 0.481 bits per heavy atom. The number of hydrogen-bond donors (Lipinski definition) is 7. The molecule has 0 fully saturated rings. The van der Waals surface area contributed by atoms with Crippen molar-refractivity contribution in [3.8, 4) is 56.4 Å². The molecule has 4 aliphatic heterocycles. The molecule has 4 atom stereocenters. The van der Waals surface area contributed by atoms with Crippen LogP contribution < -0.4 is 46.1 Å². The van der Waals surface area contributed by atoms with Gasteiger partial charge >= 0.3 is 31.5 Å². The van der Waals surface area contributed by atoms with Gasteiger partial charge in [0.05, 0.1) is 45.1 Å². The molecule has 8 aromatic carbocycles. The number of aldehydes is 1. The van der Waals surface area contributed by atoms with Crippen LogP contribution in [0.15, 0.2) is 163 Å². The van der Waals surface area contributed by atoms with Gasteiger partial charge in [-0.05, 0) is 213 Å². The van der Waals surface area contributed by atoms with Crippen molar-refractivity contribution in [1.82, 2.24) is 25.9 Å². The number of benzene rings is 8. The summed E-state index contributed by atoms with van der Waals surface area (Å²) in [6.07, 6.45) is 6.62. The maximum absolute atomic E-state index is 13.6. The number of aromatic nitrogens is 2. The summed E-state index contributed by atoms with van der Waals surface area (Å²) in [5.74, 6) is -15.7. The molecule has 2 aromatic heterocycles. The third kappa shape index (κ3) is 35.1. The Morgan fingerprint density at radius 3 is 1.06 bits per heavy atom. The number of carbonyl (C=O) groups is 5. The van der Waals surface area contributed by atoms with Crippen molar-refractivity contribution in [3.63, 3.8) is 0 Å². The number of carbonyl (C=O) groups excluding carboxylic acids is 4. The number of nitrogens with zero attached hydrogens (tertiary/aromatic N) is 2. The zero-order chi connectivity index (χ0) is 98.0. The first-order valence-corrected chi connectivity index (χ1v) is 41.9. The molecule has 43 heteroatoms. The SMILES string of the molecule is C.CC(C)(C)OC(=O)NCC1Cc2cc(-c3cc(F)c(F)c(F)c3)cc(Cl)c2O1.CC(C)(C)OC(=O)NCC1Cc2cc(Br)cc(Cl)c2O1.ClCCl.NCC1Cc2cc(-c3cc(F)c(F)c(F)c3)cc(Cl)c2O1.O=C(/C=C/c1cccnc1)NCC1Cc2cc(-c3cc(F)c(F)c(F)c3)cc(Cl)c2O1.O=C(O)/C=C/c1cccnc1.O=CC(F)(F)F.OB(O)c1cc(F)c(F)c(F)c1. The monoisotopic (exact) mass is 2050 g/mol. The van der Waals surface area contributed by atoms with Gasteiger partial charge in [-0.3, -0.25) is 19.6 Å². The number of alkyl carbamates (subject to hydrolysis) is 2. The highest BCUT2D eigenvalue weighted by Crippen LogP contribution is 2.44. The molecular formula is C90H81BBrCl6F15N6O14. The first kappa shape index (κ1) is 111. The lowest BCUT2D eigenvalue weighted by Crippen LogP contribution is -2.38. The van der Waals surface area contributed by atoms with Crippen molar-refractivity contribution in [3.05, 3.63) is 286 Å². The Hall–Kier alpha value is -11.0. The number of nitrogens with two attached hydrogens (primary N) is 1. The predicted octanol–water partition coefficient (Wildman–Crippen LogP) is 21.6. The average Bonchev–Trinajstić information content (AvgIpc) is 1.70. The van der Waals surface area contributed by atoms with Gasteiger partial charge in [0.25, 0.3) is 0 Å². The molecule has 0 saturated carbocycles. The summed E-state index contributed by atoms with van der Waals surface area (Å²) in [5.41, 5.74) is 10.8. The fourth-order valence-corrected chi connectivity index (χ4v) is 13.7. The van der Waals surface area contributed by atoms with Crippen LogP contribution in [0, 0.1) is 69.8 Å². The smallest absolute Gasteiger partial charge is 0.487 e. The number of halogens is 22. The van der Waals surface area contributed by atoms with Crippen LogP contribution >= 0.6 is 85.5 Å². The van der Waals surface area contributed by atoms with E-state index in [-0.39, 0.29) is 82.9 Å². The van der Waals surface area contributed by atoms with E-state index in [1.807, 2.05) is 32.9 Å². The Kier molecular flexibility index (Phi) is 42.4. The average molecular weight is 2060 g/mol. The third-order valence-electron chi connectivity index (χ3n) is 17.5. The van der Waals surface area contributed by atoms with E-state index in [9.17, 15) is 85.0 Å². The summed E-state index contributed by atoms with van der Waals surface area (Å²) < 4.78 is 223. The number of aliphatic carboxylic acids is 1. The molecule has 0 spiro atoms. The second-order valence-corrected chi connectivity index (χ2v) is 33.4. The van der Waals surface area contributed by atoms with Gasteiger partial charge in [0.1, 0.15) is 58.6 Å². The number of carboxylic acid groups (broad SMARTS) is 1. The van der Waals surface area contributed by atoms with Crippen molar-refractivity contribution in [1.29, 1.82) is 0 Å². The van der Waals surface area contributed by atoms with Gasteiger partial charge in [-0.2, -0.15) is 13.2 Å². The van der Waals surface area contributed by atoms with Crippen molar-refractivity contribution in [2.24, 2.45) is 5.73 Å². The number of fused-ring (bicyclic) bond motifs is 4. The van der Waals surface area contributed by atoms with Crippen molar-refractivity contribution in [2.75, 3.05) is 31.5 Å². The van der Waals surface area contributed by atoms with Gasteiger partial charge in [-0.15, -0.1) is 23.2 Å². The standard InChI is InChI=1S/C23H16ClF3N2O2.C20H19ClF3NO3.C15H11ClF3NO.C14H17BrClNO3.C8H7NO2.C6H4BF3O2.C2HF3O.CH2Cl2.CH4/c24-18-8-14(15-9-19(25)22(27)20(26)10-15)6-16-7-17(31-23(16)18)12-29-21(30)4-3-13-2-1-5-28-11-13;1-20(2,3)28-19(26)25-9-13-5-12-4-10(6-14(21)18(12)27-13)11-7-15(22)17(24)16(23)8-11;16-11-3-7(1-9-2-10(6-20)21-15(9)11)8-4-12(17)14(19)13(18)5-8;1-14(2,3)20-13(18)17-7-10-5-8-4-9(15)6-11(16)12(8)19-10;10-8(11)4-3-7-2-1-5-9-6-7;8-4-1-3(7(11)12)2-5(9)6(4)10;3-2(4,5)1-6;2-1-3;/h1-6,8-11,17H,7,12H2,(H,29,30);4,6-8,13H,5,9H2,1-3H3,(H,25,26);1,3-5,10H,2,6,20H2;4,6,10H,5,7H2,1-3H3,(H,17,18);1-6H,(H,10,11);1-2,11-12H;1H;1H2;1H4/b4-3+;;;;4-3+;;;;. The molecule has 20 nitrogen and oxygen atoms in total. The molecular weight excluding hydrogens is 1980 g/mol. The molecule has 0 aliphatic carbocycles. The van der Waals surface area contributed by atoms with E-state index < -0.39 is 124 Å². The normalized spacial score (nSPS) is 14.5. The maximum Gasteiger partial charge on any atom is 0.488 e. The largest absolute Gasteiger partial charge is 0.488 e. The summed E-state index contributed by atoms with van der Waals surface area (Å²) in [6.45, 7) is 11.9. The van der Waals surface area contributed by atoms with Gasteiger partial charge < -0.3 is 65.3 Å². The van der Waals surface area contributed by atoms with Crippen molar-refractivity contribution in [2.45, 2.75) is 116 Å². The molecule has 6 heterocycles. The van der Waals surface area contributed by atoms with E-state index in [1.54, 1.807) is 94.1 Å². The molecule has 712 valence electrons. The third-order valence-corrected chi connectivity index (χ3v) is 19.1. The number of pyridine rings is 2. The zero-order valence-electron chi connectivity index (χ0n) is 69.6. The Balaban J connectivity index is 0.000000247. The number of ether oxygens (including phenoxy) is 6. The minimum absolute atomic E-state index is 0. The Morgan fingerprint density at radius 2 is 0.767 bits per heavy atom. The minimum atomic E-state index is -4.64. The van der Waals surface area contributed by atoms with E-state index in [1.165, 1.54) is 30.4 Å². The molecule has 4 aliphatic rings. The highest BCUT2D eigenvalue weighted by atomic mass is 79.9. The molecule has 0 bridgehead atoms. The lowest BCUT2D eigenvalue weighted by molar-refractivity contribution is -0.156. The van der Waals surface area contributed by atoms with Crippen LogP contribution in [-0.2, 0) is 49.5 Å². The van der Waals surface area contributed by atoms with Crippen molar-refractivity contribution < 1.29 is 133 Å². The first-order valence-electron chi connectivity index (χ1n) is 38.5. The number of nitrogens with one attached hydrogen (secondary N) is 3. The van der Waals surface area contributed by atoms with Gasteiger partial charge in [-0.25, -0.2) is 67.1 Å². The lowest BCUT2D eigenvalue weighted by Gasteiger charge is -2.20. The van der Waals surface area contributed by atoms with Crippen LogP contribution in [-0.4, -0.2) is 136 Å². The van der Waals surface area contributed by atoms with Crippen LogP contribution in [0.25, 0.3) is 45.5 Å². The molecule has 10 aromatic rings. The maximum atomic E-state index is 13.6. The number of alkyl halides is 5. The summed E-state index contributed by atoms with van der Waals surface area (Å²) >= 11 is 37.7. The first-order chi connectivity index (χ1) is 61.9. The van der Waals surface area contributed by atoms with Gasteiger partial charge in [0.2, 0.25) is 12.2 Å². The van der Waals surface area contributed by atoms with Crippen LogP contribution in [0.1, 0.15) is 82.3 Å². The molecule has 4 unspecified atom stereocenters. The quantitative estimate of drug-likeness (QED) is 0.0125. The summed E-state index contributed by atoms with van der Waals surface area (Å²) in [4.78, 5) is 62.0. The van der Waals surface area contributed by atoms with Crippen LogP contribution in [0.4, 0.5) is 75.4 Å². The van der Waals surface area contributed by atoms with Gasteiger partial charge in [0.15, 0.2) is 69.8 Å². The van der Waals surface area contributed by atoms with E-state index in [2.05, 4.69) is 41.8 Å². The van der Waals surface area contributed by atoms with Crippen LogP contribution in [0.2, 0.25) is 20.1 Å². The predicted molar refractivity (Wildman–Crippen MR) is 478 cm³/mol. The van der Waals surface area contributed by atoms with Gasteiger partial charge in [0, 0.05) is 95.9 Å². The summed E-state index contributed by atoms with van der Waals surface area (Å²) in [5, 5.41) is 34.9. The molecule has 8 N–H and O–H groups in total. The van der Waals surface area contributed by atoms with Crippen molar-refractivity contribution >= 4 is 141 Å². The second kappa shape index (κ2) is 50.9. The zero-order valence-corrected chi connectivity index (χ0v) is 75.7. The Labute approximate surface area is 791 Å². The molecule has 0 radical (unpaired) electrons. The van der Waals surface area contributed by atoms with E-state index in [0.29, 0.717) is 101 Å². The molecule has 14 rings (SSSR count). The number of amides is 3. The van der Waals surface area contributed by atoms with Gasteiger partial charge in [-0.1, -0.05) is 81.9 Å². The molecule has 3 amide bonds. The van der Waals surface area contributed by atoms with E-state index in [0.717, 1.165) is 80.3 Å². The van der Waals surface area contributed by atoms with Crippen LogP contribution in [0.3, 0.4) is 0 Å². The number of carboxylic acids is 1. The second-order valence-electron chi connectivity index (χ2n) is 30.0. The fourth-order valence-electron chi connectivity index (χ4n) is 12.0. The topological polar surface area (TPSA) is 289 Å². The van der Waals surface area contributed by atoms with E-state index in [4.69, 9.17) is 124 Å². The molecule has 133 heavy (non-hydrogen) atoms. The molecule has 0 saturated heterocycles.